The van der Waals surface area contributed by atoms with Crippen LogP contribution in [0.3, 0.4) is 0 Å². The molecular weight excluding hydrogens is 516 g/mol. The lowest BCUT2D eigenvalue weighted by Crippen LogP contribution is -2.60. The number of carbonyl (C=O) groups excluding carboxylic acids is 3. The predicted octanol–water partition coefficient (Wildman–Crippen LogP) is -1.56. The van der Waals surface area contributed by atoms with Crippen LogP contribution >= 0.6 is 23.1 Å². The number of aliphatic carboxylic acids is 1. The van der Waals surface area contributed by atoms with Crippen LogP contribution in [0.25, 0.3) is 0 Å². The third kappa shape index (κ3) is 5.32. The Morgan fingerprint density at radius 1 is 1.34 bits per heavy atom. The van der Waals surface area contributed by atoms with Gasteiger partial charge in [-0.1, -0.05) is 6.07 Å². The number of carboxylic acid groups (broad SMARTS) is 1. The third-order valence-electron chi connectivity index (χ3n) is 5.43. The number of rotatable bonds is 9. The highest BCUT2D eigenvalue weighted by Gasteiger charge is 2.48. The molecule has 0 spiro atoms. The van der Waals surface area contributed by atoms with Crippen molar-refractivity contribution in [3.05, 3.63) is 52.9 Å². The summed E-state index contributed by atoms with van der Waals surface area (Å²) in [4.78, 5) is 42.9. The molecule has 186 valence electrons. The molecule has 4 heterocycles. The van der Waals surface area contributed by atoms with Crippen molar-refractivity contribution in [3.63, 3.8) is 0 Å². The fraction of sp³-hybridized carbons (Fsp3) is 0.350. The topological polar surface area (TPSA) is 178 Å². The molecule has 2 amide bonds. The Morgan fingerprint density at radius 2 is 2.06 bits per heavy atom. The Balaban J connectivity index is 1.70. The van der Waals surface area contributed by atoms with E-state index in [9.17, 15) is 27.9 Å². The first-order valence-electron chi connectivity index (χ1n) is 10.5. The van der Waals surface area contributed by atoms with E-state index in [-0.39, 0.29) is 46.7 Å². The second-order valence-electron chi connectivity index (χ2n) is 7.72. The van der Waals surface area contributed by atoms with Gasteiger partial charge in [0.05, 0.1) is 40.5 Å². The molecule has 0 radical (unpaired) electrons. The maximum absolute atomic E-state index is 13.4. The zero-order chi connectivity index (χ0) is 25.3. The first-order chi connectivity index (χ1) is 16.6. The fourth-order valence-corrected chi connectivity index (χ4v) is 6.46. The van der Waals surface area contributed by atoms with Crippen LogP contribution in [-0.4, -0.2) is 52.6 Å². The Kier molecular flexibility index (Phi) is 7.12. The summed E-state index contributed by atoms with van der Waals surface area (Å²) >= 11 is 2.24. The maximum atomic E-state index is 13.4. The van der Waals surface area contributed by atoms with Gasteiger partial charge in [-0.25, -0.2) is 18.0 Å². The highest BCUT2D eigenvalue weighted by atomic mass is 32.2. The Labute approximate surface area is 209 Å². The van der Waals surface area contributed by atoms with Gasteiger partial charge in [-0.05, 0) is 6.92 Å². The number of carbonyl (C=O) groups is 3. The maximum Gasteiger partial charge on any atom is 0.245 e. The van der Waals surface area contributed by atoms with Crippen molar-refractivity contribution in [2.24, 2.45) is 0 Å². The predicted molar refractivity (Wildman–Crippen MR) is 125 cm³/mol. The summed E-state index contributed by atoms with van der Waals surface area (Å²) < 4.78 is 28.6. The number of amides is 2. The molecule has 35 heavy (non-hydrogen) atoms. The van der Waals surface area contributed by atoms with E-state index in [1.54, 1.807) is 35.2 Å². The van der Waals surface area contributed by atoms with Gasteiger partial charge in [-0.2, -0.15) is 4.72 Å². The standard InChI is InChI=1S/C20H22N6O6S3/c1-2-35(31,32)24-15(12-10-33-20(21)22-12)17(28)23-18-11(9-25-6-4-3-5-7-25)16(19(29)30)26-13(27)8-14(26)34-18/h3-7,10,14-15,18,24H,2,8-9H2,1H3,(H3-,21,22,23,28,29,30)/t14-,15?,18?/m0/s1. The number of pyridine rings is 1. The van der Waals surface area contributed by atoms with Crippen LogP contribution in [0.1, 0.15) is 25.1 Å². The molecule has 1 fully saturated rings. The van der Waals surface area contributed by atoms with Gasteiger partial charge in [0.2, 0.25) is 21.8 Å². The summed E-state index contributed by atoms with van der Waals surface area (Å²) in [6.07, 6.45) is 3.53. The van der Waals surface area contributed by atoms with Gasteiger partial charge in [-0.3, -0.25) is 14.5 Å². The molecule has 2 unspecified atom stereocenters. The molecule has 0 aromatic carbocycles. The van der Waals surface area contributed by atoms with Crippen LogP contribution < -0.4 is 25.4 Å². The highest BCUT2D eigenvalue weighted by molar-refractivity contribution is 8.00. The Morgan fingerprint density at radius 3 is 2.63 bits per heavy atom. The second kappa shape index (κ2) is 9.93. The number of hydrogen-bond acceptors (Lipinski definition) is 10. The molecule has 2 aromatic heterocycles. The summed E-state index contributed by atoms with van der Waals surface area (Å²) in [7, 11) is -3.81. The molecule has 0 aliphatic carbocycles. The van der Waals surface area contributed by atoms with Crippen molar-refractivity contribution in [3.8, 4) is 0 Å². The Hall–Kier alpha value is -3.01. The number of thioether (sulfide) groups is 1. The van der Waals surface area contributed by atoms with Crippen LogP contribution in [0, 0.1) is 0 Å². The van der Waals surface area contributed by atoms with Crippen molar-refractivity contribution in [1.29, 1.82) is 0 Å². The van der Waals surface area contributed by atoms with Crippen molar-refractivity contribution in [2.75, 3.05) is 11.5 Å². The van der Waals surface area contributed by atoms with Gasteiger partial charge >= 0.3 is 0 Å². The summed E-state index contributed by atoms with van der Waals surface area (Å²) in [6, 6.07) is 3.91. The third-order valence-corrected chi connectivity index (χ3v) is 8.85. The van der Waals surface area contributed by atoms with E-state index >= 15 is 0 Å². The lowest BCUT2D eigenvalue weighted by atomic mass is 10.1. The highest BCUT2D eigenvalue weighted by Crippen LogP contribution is 2.43. The van der Waals surface area contributed by atoms with E-state index < -0.39 is 38.7 Å². The number of nitrogens with zero attached hydrogens (tertiary/aromatic N) is 3. The minimum Gasteiger partial charge on any atom is -0.543 e. The summed E-state index contributed by atoms with van der Waals surface area (Å²) in [5, 5.41) is 15.1. The number of β-lactam (4-membered cyclic amide) rings is 1. The zero-order valence-corrected chi connectivity index (χ0v) is 20.9. The number of aromatic nitrogens is 2. The van der Waals surface area contributed by atoms with Crippen molar-refractivity contribution >= 4 is 56.0 Å². The van der Waals surface area contributed by atoms with Gasteiger partial charge in [0.1, 0.15) is 11.4 Å². The molecule has 2 aliphatic rings. The van der Waals surface area contributed by atoms with E-state index in [1.807, 2.05) is 0 Å². The SMILES string of the molecule is CCS(=O)(=O)NC(C(=O)NC1S[C@H]2CC(=O)N2C(C(=O)[O-])=C1C[n+]1ccccc1)c1csc(N)n1. The van der Waals surface area contributed by atoms with Crippen LogP contribution in [0.2, 0.25) is 0 Å². The second-order valence-corrected chi connectivity index (χ2v) is 11.9. The monoisotopic (exact) mass is 538 g/mol. The van der Waals surface area contributed by atoms with E-state index in [0.717, 1.165) is 11.3 Å². The summed E-state index contributed by atoms with van der Waals surface area (Å²) in [5.41, 5.74) is 5.74. The van der Waals surface area contributed by atoms with Crippen LogP contribution in [0.15, 0.2) is 47.2 Å². The number of fused-ring (bicyclic) bond motifs is 1. The first-order valence-corrected chi connectivity index (χ1v) is 13.9. The average molecular weight is 539 g/mol. The van der Waals surface area contributed by atoms with E-state index in [1.165, 1.54) is 29.0 Å². The smallest absolute Gasteiger partial charge is 0.245 e. The lowest BCUT2D eigenvalue weighted by molar-refractivity contribution is -0.689. The normalized spacial score (nSPS) is 20.7. The molecule has 15 heteroatoms. The number of sulfonamides is 1. The molecule has 4 N–H and O–H groups in total. The molecule has 2 aliphatic heterocycles. The van der Waals surface area contributed by atoms with Gasteiger partial charge < -0.3 is 21.0 Å². The number of nitrogens with two attached hydrogens (primary N) is 1. The Bertz CT molecular complexity index is 1300. The van der Waals surface area contributed by atoms with E-state index in [0.29, 0.717) is 0 Å². The number of hydrogen-bond donors (Lipinski definition) is 3. The fourth-order valence-electron chi connectivity index (χ4n) is 3.68. The van der Waals surface area contributed by atoms with Gasteiger partial charge in [0, 0.05) is 17.5 Å². The zero-order valence-electron chi connectivity index (χ0n) is 18.4. The number of thiazole rings is 1. The minimum absolute atomic E-state index is 0.0492. The summed E-state index contributed by atoms with van der Waals surface area (Å²) in [5.74, 6) is -2.89. The van der Waals surface area contributed by atoms with Crippen LogP contribution in [0.5, 0.6) is 0 Å². The lowest BCUT2D eigenvalue weighted by Gasteiger charge is -2.47. The first kappa shape index (κ1) is 25.1. The minimum atomic E-state index is -3.81. The average Bonchev–Trinajstić information content (AvgIpc) is 3.24. The van der Waals surface area contributed by atoms with Crippen LogP contribution in [-0.2, 0) is 31.0 Å². The molecule has 4 rings (SSSR count). The molecule has 1 saturated heterocycles. The van der Waals surface area contributed by atoms with Crippen molar-refractivity contribution < 1.29 is 32.5 Å². The quantitative estimate of drug-likeness (QED) is 0.252. The van der Waals surface area contributed by atoms with Crippen LogP contribution in [0.4, 0.5) is 5.13 Å². The van der Waals surface area contributed by atoms with Crippen molar-refractivity contribution in [1.82, 2.24) is 19.9 Å². The molecule has 12 nitrogen and oxygen atoms in total. The number of nitrogens with one attached hydrogen (secondary N) is 2. The molecule has 2 aromatic rings. The number of nitrogen functional groups attached to an aromatic ring is 1. The molecule has 0 bridgehead atoms. The van der Waals surface area contributed by atoms with Crippen molar-refractivity contribution in [2.45, 2.75) is 36.7 Å². The number of anilines is 1. The van der Waals surface area contributed by atoms with E-state index in [2.05, 4.69) is 15.0 Å². The number of carboxylic acids is 1. The largest absolute Gasteiger partial charge is 0.543 e. The summed E-state index contributed by atoms with van der Waals surface area (Å²) in [6.45, 7) is 1.48. The van der Waals surface area contributed by atoms with Gasteiger partial charge in [0.25, 0.3) is 0 Å². The molecule has 0 saturated carbocycles. The van der Waals surface area contributed by atoms with Gasteiger partial charge in [-0.15, -0.1) is 23.1 Å². The van der Waals surface area contributed by atoms with E-state index in [4.69, 9.17) is 5.73 Å². The molecular formula is C20H22N6O6S3. The van der Waals surface area contributed by atoms with Gasteiger partial charge in [0.15, 0.2) is 24.1 Å². The molecule has 3 atom stereocenters.